The highest BCUT2D eigenvalue weighted by molar-refractivity contribution is 6.31. The number of aryl methyl sites for hydroxylation is 1. The van der Waals surface area contributed by atoms with Gasteiger partial charge < -0.3 is 10.0 Å². The molecule has 114 valence electrons. The van der Waals surface area contributed by atoms with Gasteiger partial charge in [0.15, 0.2) is 0 Å². The second-order valence-electron chi connectivity index (χ2n) is 5.28. The first kappa shape index (κ1) is 15.9. The van der Waals surface area contributed by atoms with E-state index in [1.54, 1.807) is 17.1 Å². The molecule has 0 saturated carbocycles. The summed E-state index contributed by atoms with van der Waals surface area (Å²) in [5.41, 5.74) is 1.65. The second kappa shape index (κ2) is 7.54. The summed E-state index contributed by atoms with van der Waals surface area (Å²) in [6.45, 7) is 1.55. The van der Waals surface area contributed by atoms with E-state index in [0.29, 0.717) is 30.1 Å². The molecule has 2 rings (SSSR count). The van der Waals surface area contributed by atoms with Gasteiger partial charge in [0.05, 0.1) is 29.6 Å². The Morgan fingerprint density at radius 3 is 2.86 bits per heavy atom. The van der Waals surface area contributed by atoms with Gasteiger partial charge in [0, 0.05) is 18.4 Å². The average Bonchev–Trinajstić information content (AvgIpc) is 2.85. The van der Waals surface area contributed by atoms with E-state index in [-0.39, 0.29) is 0 Å². The van der Waals surface area contributed by atoms with Crippen molar-refractivity contribution in [1.29, 1.82) is 0 Å². The molecule has 2 aromatic rings. The topological polar surface area (TPSA) is 54.2 Å². The van der Waals surface area contributed by atoms with Crippen LogP contribution in [0.15, 0.2) is 30.6 Å². The van der Waals surface area contributed by atoms with E-state index < -0.39 is 6.10 Å². The fourth-order valence-electron chi connectivity index (χ4n) is 2.14. The van der Waals surface area contributed by atoms with E-state index in [1.807, 2.05) is 32.3 Å². The first-order valence-corrected chi connectivity index (χ1v) is 7.39. The summed E-state index contributed by atoms with van der Waals surface area (Å²) < 4.78 is 1.78. The van der Waals surface area contributed by atoms with E-state index in [9.17, 15) is 5.11 Å². The van der Waals surface area contributed by atoms with Gasteiger partial charge in [-0.15, -0.1) is 0 Å². The van der Waals surface area contributed by atoms with E-state index >= 15 is 0 Å². The number of aliphatic hydroxyl groups is 1. The Morgan fingerprint density at radius 1 is 1.38 bits per heavy atom. The summed E-state index contributed by atoms with van der Waals surface area (Å²) in [7, 11) is 4.00. The number of hydrogen-bond donors (Lipinski definition) is 1. The number of halogens is 1. The molecule has 1 unspecified atom stereocenters. The van der Waals surface area contributed by atoms with Gasteiger partial charge in [0.2, 0.25) is 0 Å². The minimum Gasteiger partial charge on any atom is -0.387 e. The lowest BCUT2D eigenvalue weighted by Gasteiger charge is -2.16. The molecule has 0 amide bonds. The molecule has 1 N–H and O–H groups in total. The van der Waals surface area contributed by atoms with Crippen LogP contribution in [-0.4, -0.2) is 45.4 Å². The van der Waals surface area contributed by atoms with Gasteiger partial charge in [0.1, 0.15) is 0 Å². The maximum Gasteiger partial charge on any atom is 0.0975 e. The molecule has 0 fully saturated rings. The number of rotatable bonds is 7. The van der Waals surface area contributed by atoms with Crippen molar-refractivity contribution in [3.63, 3.8) is 0 Å². The largest absolute Gasteiger partial charge is 0.387 e. The van der Waals surface area contributed by atoms with Gasteiger partial charge >= 0.3 is 0 Å². The minimum atomic E-state index is -0.635. The number of pyridine rings is 1. The quantitative estimate of drug-likeness (QED) is 0.851. The molecule has 0 radical (unpaired) electrons. The van der Waals surface area contributed by atoms with Crippen LogP contribution in [0.1, 0.15) is 23.9 Å². The minimum absolute atomic E-state index is 0.516. The monoisotopic (exact) mass is 308 g/mol. The summed E-state index contributed by atoms with van der Waals surface area (Å²) in [6.07, 6.45) is 4.00. The third-order valence-corrected chi connectivity index (χ3v) is 3.60. The third-order valence-electron chi connectivity index (χ3n) is 3.31. The zero-order chi connectivity index (χ0) is 15.2. The molecular weight excluding hydrogens is 288 g/mol. The highest BCUT2D eigenvalue weighted by Gasteiger charge is 2.18. The van der Waals surface area contributed by atoms with Crippen LogP contribution >= 0.6 is 11.6 Å². The molecule has 0 bridgehead atoms. The van der Waals surface area contributed by atoms with Gasteiger partial charge in [-0.3, -0.25) is 9.67 Å². The maximum atomic E-state index is 10.4. The predicted octanol–water partition coefficient (Wildman–Crippen LogP) is 2.16. The van der Waals surface area contributed by atoms with Gasteiger partial charge in [-0.05, 0) is 39.1 Å². The van der Waals surface area contributed by atoms with Gasteiger partial charge in [-0.25, -0.2) is 0 Å². The van der Waals surface area contributed by atoms with Crippen LogP contribution in [0, 0.1) is 0 Å². The van der Waals surface area contributed by atoms with E-state index in [4.69, 9.17) is 11.6 Å². The lowest BCUT2D eigenvalue weighted by Crippen LogP contribution is -2.21. The number of aliphatic hydroxyl groups excluding tert-OH is 1. The molecule has 0 aliphatic rings. The Labute approximate surface area is 130 Å². The van der Waals surface area contributed by atoms with E-state index in [1.165, 1.54) is 0 Å². The molecule has 0 saturated heterocycles. The Bertz CT molecular complexity index is 556. The van der Waals surface area contributed by atoms with Crippen LogP contribution in [-0.2, 0) is 13.0 Å². The van der Waals surface area contributed by atoms with Crippen molar-refractivity contribution in [3.8, 4) is 0 Å². The highest BCUT2D eigenvalue weighted by Crippen LogP contribution is 2.26. The molecule has 21 heavy (non-hydrogen) atoms. The smallest absolute Gasteiger partial charge is 0.0975 e. The van der Waals surface area contributed by atoms with Crippen LogP contribution in [0.25, 0.3) is 0 Å². The zero-order valence-electron chi connectivity index (χ0n) is 12.4. The zero-order valence-corrected chi connectivity index (χ0v) is 13.2. The van der Waals surface area contributed by atoms with Crippen LogP contribution in [0.5, 0.6) is 0 Å². The number of likely N-dealkylation sites (N-methyl/N-ethyl adjacent to an activating group) is 1. The SMILES string of the molecule is CN(C)CCn1ncc(Cl)c1C(O)CCc1ccccn1. The first-order valence-electron chi connectivity index (χ1n) is 7.02. The number of aromatic nitrogens is 3. The fourth-order valence-corrected chi connectivity index (χ4v) is 2.41. The maximum absolute atomic E-state index is 10.4. The Balaban J connectivity index is 2.01. The molecule has 2 heterocycles. The summed E-state index contributed by atoms with van der Waals surface area (Å²) in [6, 6.07) is 5.79. The lowest BCUT2D eigenvalue weighted by atomic mass is 10.1. The van der Waals surface area contributed by atoms with Crippen molar-refractivity contribution in [2.75, 3.05) is 20.6 Å². The molecule has 2 aromatic heterocycles. The molecule has 0 aliphatic carbocycles. The van der Waals surface area contributed by atoms with Gasteiger partial charge in [-0.1, -0.05) is 17.7 Å². The number of hydrogen-bond acceptors (Lipinski definition) is 4. The van der Waals surface area contributed by atoms with E-state index in [2.05, 4.69) is 15.0 Å². The van der Waals surface area contributed by atoms with E-state index in [0.717, 1.165) is 12.2 Å². The average molecular weight is 309 g/mol. The molecule has 1 atom stereocenters. The summed E-state index contributed by atoms with van der Waals surface area (Å²) in [4.78, 5) is 6.33. The van der Waals surface area contributed by atoms with Crippen LogP contribution in [0.4, 0.5) is 0 Å². The van der Waals surface area contributed by atoms with Crippen molar-refractivity contribution >= 4 is 11.6 Å². The summed E-state index contributed by atoms with van der Waals surface area (Å²) in [5.74, 6) is 0. The number of nitrogens with zero attached hydrogens (tertiary/aromatic N) is 4. The molecule has 0 spiro atoms. The summed E-state index contributed by atoms with van der Waals surface area (Å²) >= 11 is 6.16. The summed E-state index contributed by atoms with van der Waals surface area (Å²) in [5, 5.41) is 15.2. The lowest BCUT2D eigenvalue weighted by molar-refractivity contribution is 0.155. The first-order chi connectivity index (χ1) is 10.1. The highest BCUT2D eigenvalue weighted by atomic mass is 35.5. The third kappa shape index (κ3) is 4.52. The van der Waals surface area contributed by atoms with Crippen molar-refractivity contribution in [1.82, 2.24) is 19.7 Å². The van der Waals surface area contributed by atoms with Crippen LogP contribution in [0.3, 0.4) is 0 Å². The normalized spacial score (nSPS) is 12.8. The predicted molar refractivity (Wildman–Crippen MR) is 83.3 cm³/mol. The van der Waals surface area contributed by atoms with Crippen molar-refractivity contribution in [3.05, 3.63) is 47.0 Å². The molecular formula is C15H21ClN4O. The van der Waals surface area contributed by atoms with Crippen molar-refractivity contribution in [2.45, 2.75) is 25.5 Å². The van der Waals surface area contributed by atoms with Crippen LogP contribution in [0.2, 0.25) is 5.02 Å². The molecule has 0 aromatic carbocycles. The standard InChI is InChI=1S/C15H21ClN4O/c1-19(2)9-10-20-15(13(16)11-18-20)14(21)7-6-12-5-3-4-8-17-12/h3-5,8,11,14,21H,6-7,9-10H2,1-2H3. The molecule has 0 aliphatic heterocycles. The molecule has 6 heteroatoms. The van der Waals surface area contributed by atoms with Gasteiger partial charge in [0.25, 0.3) is 0 Å². The Morgan fingerprint density at radius 2 is 2.19 bits per heavy atom. The Kier molecular flexibility index (Phi) is 5.73. The van der Waals surface area contributed by atoms with Gasteiger partial charge in [-0.2, -0.15) is 5.10 Å². The Hall–Kier alpha value is -1.43. The van der Waals surface area contributed by atoms with Crippen LogP contribution < -0.4 is 0 Å². The molecule has 5 nitrogen and oxygen atoms in total. The second-order valence-corrected chi connectivity index (χ2v) is 5.69. The van der Waals surface area contributed by atoms with Crippen molar-refractivity contribution in [2.24, 2.45) is 0 Å². The fraction of sp³-hybridized carbons (Fsp3) is 0.467. The van der Waals surface area contributed by atoms with Crippen molar-refractivity contribution < 1.29 is 5.11 Å².